The van der Waals surface area contributed by atoms with Crippen molar-refractivity contribution in [1.29, 1.82) is 5.26 Å². The van der Waals surface area contributed by atoms with Gasteiger partial charge in [-0.15, -0.1) is 5.10 Å². The van der Waals surface area contributed by atoms with Gasteiger partial charge in [0, 0.05) is 0 Å². The van der Waals surface area contributed by atoms with Crippen molar-refractivity contribution in [2.24, 2.45) is 5.73 Å². The van der Waals surface area contributed by atoms with Crippen LogP contribution in [0.1, 0.15) is 22.7 Å². The molecule has 2 heterocycles. The molecule has 136 valence electrons. The number of phenolic OH excluding ortho intramolecular Hbond substituents is 1. The van der Waals surface area contributed by atoms with Crippen LogP contribution in [-0.2, 0) is 6.18 Å². The number of allylic oxidation sites excluding steroid dienone is 1. The van der Waals surface area contributed by atoms with Crippen LogP contribution in [0, 0.1) is 11.3 Å². The number of nitriles is 1. The quantitative estimate of drug-likeness (QED) is 0.673. The number of aromatic hydroxyl groups is 1. The first-order valence-electron chi connectivity index (χ1n) is 6.98. The molecule has 3 rings (SSSR count). The smallest absolute Gasteiger partial charge is 0.433 e. The Labute approximate surface area is 152 Å². The molecule has 0 spiro atoms. The Balaban J connectivity index is 2.31. The summed E-state index contributed by atoms with van der Waals surface area (Å²) in [7, 11) is 1.29. The summed E-state index contributed by atoms with van der Waals surface area (Å²) < 4.78 is 50.4. The average Bonchev–Trinajstić information content (AvgIpc) is 2.99. The van der Waals surface area contributed by atoms with Crippen molar-refractivity contribution in [3.8, 4) is 23.4 Å². The number of H-pyrrole nitrogens is 1. The number of alkyl halides is 3. The van der Waals surface area contributed by atoms with Crippen molar-refractivity contribution < 1.29 is 27.8 Å². The topological polar surface area (TPSA) is 117 Å². The minimum absolute atomic E-state index is 0.00957. The zero-order chi connectivity index (χ0) is 19.2. The van der Waals surface area contributed by atoms with E-state index in [0.29, 0.717) is 0 Å². The summed E-state index contributed by atoms with van der Waals surface area (Å²) in [5.41, 5.74) is 4.18. The number of nitrogens with one attached hydrogen (secondary N) is 1. The Kier molecular flexibility index (Phi) is 4.23. The fraction of sp³-hybridized carbons (Fsp3) is 0.200. The number of ether oxygens (including phenoxy) is 2. The molecule has 0 saturated carbocycles. The highest BCUT2D eigenvalue weighted by atomic mass is 79.9. The lowest BCUT2D eigenvalue weighted by atomic mass is 9.83. The predicted octanol–water partition coefficient (Wildman–Crippen LogP) is 3.12. The molecule has 1 aliphatic heterocycles. The van der Waals surface area contributed by atoms with Gasteiger partial charge in [-0.05, 0) is 33.6 Å². The number of aromatic amines is 1. The minimum Gasteiger partial charge on any atom is -0.503 e. The van der Waals surface area contributed by atoms with Gasteiger partial charge in [0.05, 0.1) is 23.1 Å². The van der Waals surface area contributed by atoms with Crippen LogP contribution in [0.2, 0.25) is 0 Å². The van der Waals surface area contributed by atoms with Crippen LogP contribution in [0.3, 0.4) is 0 Å². The summed E-state index contributed by atoms with van der Waals surface area (Å²) in [5.74, 6) is -2.17. The lowest BCUT2D eigenvalue weighted by molar-refractivity contribution is -0.141. The number of fused-ring (bicyclic) bond motifs is 1. The van der Waals surface area contributed by atoms with Gasteiger partial charge in [0.2, 0.25) is 11.8 Å². The summed E-state index contributed by atoms with van der Waals surface area (Å²) in [6.45, 7) is 0. The van der Waals surface area contributed by atoms with Crippen LogP contribution in [0.25, 0.3) is 0 Å². The van der Waals surface area contributed by atoms with Gasteiger partial charge >= 0.3 is 6.18 Å². The van der Waals surface area contributed by atoms with Crippen LogP contribution < -0.4 is 15.2 Å². The molecule has 0 bridgehead atoms. The van der Waals surface area contributed by atoms with Crippen molar-refractivity contribution in [1.82, 2.24) is 10.2 Å². The van der Waals surface area contributed by atoms with E-state index in [1.54, 1.807) is 6.07 Å². The van der Waals surface area contributed by atoms with E-state index in [4.69, 9.17) is 15.2 Å². The second kappa shape index (κ2) is 6.14. The molecule has 0 amide bonds. The van der Waals surface area contributed by atoms with Crippen LogP contribution in [0.5, 0.6) is 17.4 Å². The molecule has 4 N–H and O–H groups in total. The molecule has 7 nitrogen and oxygen atoms in total. The number of hydrogen-bond acceptors (Lipinski definition) is 6. The van der Waals surface area contributed by atoms with Crippen molar-refractivity contribution in [2.45, 2.75) is 12.1 Å². The van der Waals surface area contributed by atoms with Gasteiger partial charge in [0.15, 0.2) is 11.5 Å². The second-order valence-corrected chi connectivity index (χ2v) is 6.15. The van der Waals surface area contributed by atoms with Crippen molar-refractivity contribution in [3.05, 3.63) is 44.9 Å². The highest BCUT2D eigenvalue weighted by Crippen LogP contribution is 2.49. The number of nitrogens with zero attached hydrogens (tertiary/aromatic N) is 2. The summed E-state index contributed by atoms with van der Waals surface area (Å²) in [6.07, 6.45) is -4.76. The fourth-order valence-corrected chi connectivity index (χ4v) is 3.17. The number of hydrogen-bond donors (Lipinski definition) is 3. The van der Waals surface area contributed by atoms with Crippen LogP contribution in [0.15, 0.2) is 28.1 Å². The summed E-state index contributed by atoms with van der Waals surface area (Å²) in [6, 6.07) is 4.47. The maximum atomic E-state index is 13.4. The van der Waals surface area contributed by atoms with E-state index in [0.717, 1.165) is 0 Å². The van der Waals surface area contributed by atoms with Crippen LogP contribution >= 0.6 is 15.9 Å². The first kappa shape index (κ1) is 17.9. The Morgan fingerprint density at radius 1 is 1.46 bits per heavy atom. The molecule has 0 radical (unpaired) electrons. The molecule has 0 saturated heterocycles. The maximum Gasteiger partial charge on any atom is 0.433 e. The lowest BCUT2D eigenvalue weighted by Gasteiger charge is -2.25. The van der Waals surface area contributed by atoms with Crippen LogP contribution in [-0.4, -0.2) is 22.4 Å². The SMILES string of the molecule is COc1cc(C2C(C#N)=C(N)Oc3n[nH]c(C(F)(F)F)c32)cc(Br)c1O. The van der Waals surface area contributed by atoms with E-state index < -0.39 is 17.8 Å². The fourth-order valence-electron chi connectivity index (χ4n) is 2.71. The molecule has 1 unspecified atom stereocenters. The highest BCUT2D eigenvalue weighted by Gasteiger charge is 2.44. The Morgan fingerprint density at radius 2 is 2.15 bits per heavy atom. The van der Waals surface area contributed by atoms with E-state index in [1.165, 1.54) is 19.2 Å². The first-order chi connectivity index (χ1) is 12.2. The van der Waals surface area contributed by atoms with Crippen LogP contribution in [0.4, 0.5) is 13.2 Å². The molecule has 26 heavy (non-hydrogen) atoms. The molecule has 0 aliphatic carbocycles. The van der Waals surface area contributed by atoms with E-state index in [1.807, 2.05) is 5.10 Å². The van der Waals surface area contributed by atoms with Gasteiger partial charge < -0.3 is 20.3 Å². The van der Waals surface area contributed by atoms with E-state index in [2.05, 4.69) is 21.0 Å². The van der Waals surface area contributed by atoms with Gasteiger partial charge in [-0.1, -0.05) is 0 Å². The van der Waals surface area contributed by atoms with Crippen molar-refractivity contribution >= 4 is 15.9 Å². The lowest BCUT2D eigenvalue weighted by Crippen LogP contribution is -2.23. The largest absolute Gasteiger partial charge is 0.503 e. The summed E-state index contributed by atoms with van der Waals surface area (Å²) in [5, 5.41) is 24.8. The monoisotopic (exact) mass is 430 g/mol. The van der Waals surface area contributed by atoms with Gasteiger partial charge in [0.1, 0.15) is 17.3 Å². The summed E-state index contributed by atoms with van der Waals surface area (Å²) >= 11 is 3.11. The maximum absolute atomic E-state index is 13.4. The number of benzene rings is 1. The molecular formula is C15H10BrF3N4O3. The molecule has 0 fully saturated rings. The van der Waals surface area contributed by atoms with Gasteiger partial charge in [-0.3, -0.25) is 5.10 Å². The molecule has 11 heteroatoms. The Morgan fingerprint density at radius 3 is 2.73 bits per heavy atom. The third-order valence-corrected chi connectivity index (χ3v) is 4.43. The van der Waals surface area contributed by atoms with Crippen molar-refractivity contribution in [2.75, 3.05) is 7.11 Å². The third-order valence-electron chi connectivity index (χ3n) is 3.83. The van der Waals surface area contributed by atoms with Crippen molar-refractivity contribution in [3.63, 3.8) is 0 Å². The van der Waals surface area contributed by atoms with Gasteiger partial charge in [0.25, 0.3) is 0 Å². The third kappa shape index (κ3) is 2.72. The molecule has 1 aromatic heterocycles. The van der Waals surface area contributed by atoms with Gasteiger partial charge in [-0.2, -0.15) is 18.4 Å². The number of rotatable bonds is 2. The molecule has 1 aromatic carbocycles. The number of phenols is 1. The number of halogens is 4. The average molecular weight is 431 g/mol. The molecule has 1 aliphatic rings. The van der Waals surface area contributed by atoms with Gasteiger partial charge in [-0.25, -0.2) is 0 Å². The Hall–Kier alpha value is -2.87. The summed E-state index contributed by atoms with van der Waals surface area (Å²) in [4.78, 5) is 0. The zero-order valence-electron chi connectivity index (χ0n) is 13.0. The predicted molar refractivity (Wildman–Crippen MR) is 85.2 cm³/mol. The standard InChI is InChI=1S/C15H10BrF3N4O3/c1-25-8-3-5(2-7(16)11(8)24)9-6(4-20)13(21)26-14-10(9)12(22-23-14)15(17,18)19/h2-3,9,24H,21H2,1H3,(H,22,23). The Bertz CT molecular complexity index is 962. The molecule has 2 aromatic rings. The second-order valence-electron chi connectivity index (χ2n) is 5.29. The van der Waals surface area contributed by atoms with E-state index >= 15 is 0 Å². The normalized spacial score (nSPS) is 16.7. The highest BCUT2D eigenvalue weighted by molar-refractivity contribution is 9.10. The number of methoxy groups -OCH3 is 1. The number of nitrogens with two attached hydrogens (primary N) is 1. The minimum atomic E-state index is -4.76. The van der Waals surface area contributed by atoms with E-state index in [9.17, 15) is 23.5 Å². The number of aromatic nitrogens is 2. The van der Waals surface area contributed by atoms with E-state index in [-0.39, 0.29) is 44.4 Å². The first-order valence-corrected chi connectivity index (χ1v) is 7.77. The molecular weight excluding hydrogens is 421 g/mol. The molecule has 1 atom stereocenters. The zero-order valence-corrected chi connectivity index (χ0v) is 14.6.